The number of benzene rings is 2. The number of rotatable bonds is 6. The highest BCUT2D eigenvalue weighted by atomic mass is 16.7. The summed E-state index contributed by atoms with van der Waals surface area (Å²) in [5.41, 5.74) is 1.79. The van der Waals surface area contributed by atoms with Crippen LogP contribution < -0.4 is 0 Å². The fourth-order valence-electron chi connectivity index (χ4n) is 3.52. The van der Waals surface area contributed by atoms with Gasteiger partial charge in [-0.2, -0.15) is 0 Å². The molecular weight excluding hydrogens is 376 g/mol. The minimum absolute atomic E-state index is 0.205. The first-order chi connectivity index (χ1) is 14.2. The van der Waals surface area contributed by atoms with E-state index in [1.807, 2.05) is 30.3 Å². The Hall–Kier alpha value is -2.74. The Kier molecular flexibility index (Phi) is 5.89. The van der Waals surface area contributed by atoms with Crippen LogP contribution in [0.2, 0.25) is 0 Å². The molecule has 2 aliphatic rings. The summed E-state index contributed by atoms with van der Waals surface area (Å²) >= 11 is 0. The highest BCUT2D eigenvalue weighted by Gasteiger charge is 2.50. The third kappa shape index (κ3) is 4.32. The van der Waals surface area contributed by atoms with Gasteiger partial charge in [0.05, 0.1) is 38.1 Å². The van der Waals surface area contributed by atoms with Crippen molar-refractivity contribution in [1.82, 2.24) is 0 Å². The molecule has 2 aromatic rings. The van der Waals surface area contributed by atoms with Crippen LogP contribution in [0.25, 0.3) is 0 Å². The predicted octanol–water partition coefficient (Wildman–Crippen LogP) is 2.38. The zero-order valence-electron chi connectivity index (χ0n) is 16.0. The lowest BCUT2D eigenvalue weighted by Gasteiger charge is -2.17. The van der Waals surface area contributed by atoms with Crippen LogP contribution in [0.3, 0.4) is 0 Å². The van der Waals surface area contributed by atoms with Crippen molar-refractivity contribution in [3.05, 3.63) is 71.3 Å². The maximum absolute atomic E-state index is 12.5. The lowest BCUT2D eigenvalue weighted by Crippen LogP contribution is -2.35. The monoisotopic (exact) mass is 398 g/mol. The fraction of sp³-hybridized carbons (Fsp3) is 0.364. The number of carbonyl (C=O) groups is 2. The van der Waals surface area contributed by atoms with Crippen molar-refractivity contribution in [1.29, 1.82) is 0 Å². The molecule has 0 aromatic heterocycles. The number of ether oxygens (including phenoxy) is 5. The highest BCUT2D eigenvalue weighted by molar-refractivity contribution is 5.93. The number of hydrogen-bond acceptors (Lipinski definition) is 7. The molecule has 2 saturated heterocycles. The average molecular weight is 398 g/mol. The maximum Gasteiger partial charge on any atom is 0.338 e. The standard InChI is InChI=1S/C22H22O7/c1-25-21(23)15-7-9-16(10-8-15)22(24)29-18-13-28-19-17(12-27-20(18)19)26-11-14-5-3-2-4-6-14/h2-10,17-20H,11-13H2,1H3/t17-,18-,19?,20?/m0/s1. The topological polar surface area (TPSA) is 80.3 Å². The third-order valence-corrected chi connectivity index (χ3v) is 5.07. The molecule has 7 nitrogen and oxygen atoms in total. The van der Waals surface area contributed by atoms with E-state index in [0.29, 0.717) is 24.3 Å². The first-order valence-electron chi connectivity index (χ1n) is 9.44. The largest absolute Gasteiger partial charge is 0.465 e. The second-order valence-electron chi connectivity index (χ2n) is 6.94. The van der Waals surface area contributed by atoms with Gasteiger partial charge in [-0.25, -0.2) is 9.59 Å². The zero-order chi connectivity index (χ0) is 20.2. The summed E-state index contributed by atoms with van der Waals surface area (Å²) < 4.78 is 27.8. The lowest BCUT2D eigenvalue weighted by atomic mass is 10.1. The van der Waals surface area contributed by atoms with E-state index in [2.05, 4.69) is 4.74 Å². The minimum atomic E-state index is -0.502. The Morgan fingerprint density at radius 2 is 1.45 bits per heavy atom. The van der Waals surface area contributed by atoms with Gasteiger partial charge in [-0.15, -0.1) is 0 Å². The Bertz CT molecular complexity index is 849. The van der Waals surface area contributed by atoms with E-state index in [1.165, 1.54) is 31.4 Å². The van der Waals surface area contributed by atoms with E-state index in [9.17, 15) is 9.59 Å². The molecule has 152 valence electrons. The van der Waals surface area contributed by atoms with E-state index in [-0.39, 0.29) is 24.9 Å². The maximum atomic E-state index is 12.5. The van der Waals surface area contributed by atoms with Gasteiger partial charge in [0.15, 0.2) is 6.10 Å². The summed E-state index contributed by atoms with van der Waals surface area (Å²) in [4.78, 5) is 23.9. The molecule has 0 saturated carbocycles. The molecule has 4 rings (SSSR count). The highest BCUT2D eigenvalue weighted by Crippen LogP contribution is 2.31. The predicted molar refractivity (Wildman–Crippen MR) is 101 cm³/mol. The molecule has 0 N–H and O–H groups in total. The van der Waals surface area contributed by atoms with Crippen LogP contribution in [0.4, 0.5) is 0 Å². The Labute approximate surface area is 168 Å². The zero-order valence-corrected chi connectivity index (χ0v) is 16.0. The Morgan fingerprint density at radius 1 is 0.862 bits per heavy atom. The van der Waals surface area contributed by atoms with Gasteiger partial charge in [0.25, 0.3) is 0 Å². The average Bonchev–Trinajstić information content (AvgIpc) is 3.35. The van der Waals surface area contributed by atoms with Crippen molar-refractivity contribution in [2.45, 2.75) is 31.0 Å². The van der Waals surface area contributed by atoms with Crippen molar-refractivity contribution in [3.63, 3.8) is 0 Å². The molecule has 29 heavy (non-hydrogen) atoms. The van der Waals surface area contributed by atoms with Crippen LogP contribution in [0.15, 0.2) is 54.6 Å². The number of esters is 2. The van der Waals surface area contributed by atoms with Crippen LogP contribution in [-0.4, -0.2) is 56.7 Å². The molecule has 0 amide bonds. The van der Waals surface area contributed by atoms with Crippen LogP contribution >= 0.6 is 0 Å². The molecule has 7 heteroatoms. The van der Waals surface area contributed by atoms with Crippen LogP contribution in [0.1, 0.15) is 26.3 Å². The SMILES string of the molecule is COC(=O)c1ccc(C(=O)O[C@H]2COC3C2OC[C@@H]3OCc2ccccc2)cc1. The lowest BCUT2D eigenvalue weighted by molar-refractivity contribution is -0.0471. The van der Waals surface area contributed by atoms with Gasteiger partial charge in [-0.1, -0.05) is 30.3 Å². The Morgan fingerprint density at radius 3 is 2.10 bits per heavy atom. The summed E-state index contributed by atoms with van der Waals surface area (Å²) in [6.45, 7) is 1.12. The van der Waals surface area contributed by atoms with Crippen molar-refractivity contribution in [2.24, 2.45) is 0 Å². The van der Waals surface area contributed by atoms with Crippen LogP contribution in [0.5, 0.6) is 0 Å². The molecule has 2 unspecified atom stereocenters. The van der Waals surface area contributed by atoms with Gasteiger partial charge >= 0.3 is 11.9 Å². The van der Waals surface area contributed by atoms with Crippen molar-refractivity contribution >= 4 is 11.9 Å². The van der Waals surface area contributed by atoms with Gasteiger partial charge in [0.2, 0.25) is 0 Å². The number of hydrogen-bond donors (Lipinski definition) is 0. The first-order valence-corrected chi connectivity index (χ1v) is 9.44. The molecule has 2 aromatic carbocycles. The molecule has 2 heterocycles. The van der Waals surface area contributed by atoms with Gasteiger partial charge in [0.1, 0.15) is 18.3 Å². The van der Waals surface area contributed by atoms with Crippen molar-refractivity contribution in [2.75, 3.05) is 20.3 Å². The van der Waals surface area contributed by atoms with Crippen molar-refractivity contribution < 1.29 is 33.3 Å². The molecule has 2 aliphatic heterocycles. The van der Waals surface area contributed by atoms with Crippen LogP contribution in [0, 0.1) is 0 Å². The molecular formula is C22H22O7. The molecule has 2 fully saturated rings. The molecule has 0 radical (unpaired) electrons. The Balaban J connectivity index is 1.32. The normalized spacial score (nSPS) is 25.4. The summed E-state index contributed by atoms with van der Waals surface area (Å²) in [7, 11) is 1.31. The molecule has 0 bridgehead atoms. The van der Waals surface area contributed by atoms with E-state index in [1.54, 1.807) is 0 Å². The van der Waals surface area contributed by atoms with Gasteiger partial charge in [-0.05, 0) is 29.8 Å². The first kappa shape index (κ1) is 19.6. The van der Waals surface area contributed by atoms with E-state index in [0.717, 1.165) is 5.56 Å². The summed E-state index contributed by atoms with van der Waals surface area (Å²) in [5, 5.41) is 0. The quantitative estimate of drug-likeness (QED) is 0.691. The fourth-order valence-corrected chi connectivity index (χ4v) is 3.52. The van der Waals surface area contributed by atoms with Gasteiger partial charge < -0.3 is 23.7 Å². The van der Waals surface area contributed by atoms with E-state index in [4.69, 9.17) is 18.9 Å². The van der Waals surface area contributed by atoms with Crippen LogP contribution in [-0.2, 0) is 30.3 Å². The molecule has 4 atom stereocenters. The smallest absolute Gasteiger partial charge is 0.338 e. The number of fused-ring (bicyclic) bond motifs is 1. The second kappa shape index (κ2) is 8.73. The van der Waals surface area contributed by atoms with Gasteiger partial charge in [-0.3, -0.25) is 0 Å². The van der Waals surface area contributed by atoms with Gasteiger partial charge in [0, 0.05) is 0 Å². The number of carbonyl (C=O) groups excluding carboxylic acids is 2. The summed E-state index contributed by atoms with van der Waals surface area (Å²) in [5.74, 6) is -0.953. The summed E-state index contributed by atoms with van der Waals surface area (Å²) in [6.07, 6.45) is -1.33. The second-order valence-corrected chi connectivity index (χ2v) is 6.94. The molecule has 0 aliphatic carbocycles. The van der Waals surface area contributed by atoms with Crippen molar-refractivity contribution in [3.8, 4) is 0 Å². The molecule has 0 spiro atoms. The minimum Gasteiger partial charge on any atom is -0.465 e. The number of methoxy groups -OCH3 is 1. The third-order valence-electron chi connectivity index (χ3n) is 5.07. The van der Waals surface area contributed by atoms with E-state index < -0.39 is 18.0 Å². The summed E-state index contributed by atoms with van der Waals surface area (Å²) in [6, 6.07) is 16.0. The van der Waals surface area contributed by atoms with E-state index >= 15 is 0 Å².